The van der Waals surface area contributed by atoms with Gasteiger partial charge in [0.15, 0.2) is 0 Å². The highest BCUT2D eigenvalue weighted by molar-refractivity contribution is 6.30. The Morgan fingerprint density at radius 3 is 2.38 bits per heavy atom. The first-order valence-electron chi connectivity index (χ1n) is 9.71. The summed E-state index contributed by atoms with van der Waals surface area (Å²) >= 11 is 6.03. The number of hydrogen-bond acceptors (Lipinski definition) is 1. The van der Waals surface area contributed by atoms with Crippen molar-refractivity contribution in [2.75, 3.05) is 19.6 Å². The van der Waals surface area contributed by atoms with Crippen LogP contribution in [-0.2, 0) is 0 Å². The van der Waals surface area contributed by atoms with Crippen molar-refractivity contribution in [3.05, 3.63) is 82.9 Å². The third kappa shape index (κ3) is 4.28. The molecule has 134 valence electrons. The Morgan fingerprint density at radius 1 is 0.885 bits per heavy atom. The van der Waals surface area contributed by atoms with Crippen molar-refractivity contribution in [2.45, 2.75) is 25.7 Å². The lowest BCUT2D eigenvalue weighted by Gasteiger charge is -2.31. The summed E-state index contributed by atoms with van der Waals surface area (Å²) in [6.45, 7) is 3.42. The van der Waals surface area contributed by atoms with Gasteiger partial charge in [-0.25, -0.2) is 0 Å². The van der Waals surface area contributed by atoms with Gasteiger partial charge in [-0.15, -0.1) is 0 Å². The van der Waals surface area contributed by atoms with E-state index in [1.54, 1.807) is 0 Å². The summed E-state index contributed by atoms with van der Waals surface area (Å²) in [6.07, 6.45) is 9.89. The third-order valence-electron chi connectivity index (χ3n) is 5.60. The third-order valence-corrected chi connectivity index (χ3v) is 5.86. The molecule has 0 unspecified atom stereocenters. The SMILES string of the molecule is Clc1ccc(C2=C[C@H](CN3CC=C(c4ccccc4)CC3)CCC2)cc1. The van der Waals surface area contributed by atoms with Crippen LogP contribution >= 0.6 is 11.6 Å². The van der Waals surface area contributed by atoms with Gasteiger partial charge >= 0.3 is 0 Å². The minimum Gasteiger partial charge on any atom is -0.299 e. The average Bonchev–Trinajstić information content (AvgIpc) is 2.70. The first-order chi connectivity index (χ1) is 12.8. The number of halogens is 1. The van der Waals surface area contributed by atoms with Crippen LogP contribution in [0.4, 0.5) is 0 Å². The lowest BCUT2D eigenvalue weighted by Crippen LogP contribution is -2.33. The lowest BCUT2D eigenvalue weighted by molar-refractivity contribution is 0.262. The molecule has 0 amide bonds. The van der Waals surface area contributed by atoms with Crippen molar-refractivity contribution in [1.82, 2.24) is 4.90 Å². The van der Waals surface area contributed by atoms with Crippen molar-refractivity contribution >= 4 is 22.7 Å². The molecule has 0 radical (unpaired) electrons. The molecule has 0 aromatic heterocycles. The Bertz CT molecular complexity index is 789. The second kappa shape index (κ2) is 8.24. The monoisotopic (exact) mass is 363 g/mol. The molecule has 0 bridgehead atoms. The lowest BCUT2D eigenvalue weighted by atomic mass is 9.86. The van der Waals surface area contributed by atoms with Crippen LogP contribution in [0.2, 0.25) is 5.02 Å². The molecule has 4 rings (SSSR count). The average molecular weight is 364 g/mol. The number of benzene rings is 2. The van der Waals surface area contributed by atoms with Crippen molar-refractivity contribution in [1.29, 1.82) is 0 Å². The van der Waals surface area contributed by atoms with Crippen LogP contribution in [0.5, 0.6) is 0 Å². The van der Waals surface area contributed by atoms with Crippen molar-refractivity contribution < 1.29 is 0 Å². The molecule has 1 aliphatic heterocycles. The zero-order valence-corrected chi connectivity index (χ0v) is 16.0. The quantitative estimate of drug-likeness (QED) is 0.615. The standard InChI is InChI=1S/C24H26ClN/c25-24-11-9-21(10-12-24)23-8-4-5-19(17-23)18-26-15-13-22(14-16-26)20-6-2-1-3-7-20/h1-3,6-7,9-13,17,19H,4-5,8,14-16,18H2/t19-/m1/s1. The highest BCUT2D eigenvalue weighted by atomic mass is 35.5. The molecule has 26 heavy (non-hydrogen) atoms. The Labute approximate surface area is 162 Å². The van der Waals surface area contributed by atoms with Crippen molar-refractivity contribution in [3.8, 4) is 0 Å². The molecule has 2 aliphatic rings. The molecule has 0 fully saturated rings. The van der Waals surface area contributed by atoms with E-state index >= 15 is 0 Å². The minimum atomic E-state index is 0.668. The van der Waals surface area contributed by atoms with E-state index in [4.69, 9.17) is 11.6 Å². The van der Waals surface area contributed by atoms with Gasteiger partial charge in [0.1, 0.15) is 0 Å². The molecule has 0 spiro atoms. The van der Waals surface area contributed by atoms with E-state index in [2.05, 4.69) is 59.5 Å². The number of allylic oxidation sites excluding steroid dienone is 1. The van der Waals surface area contributed by atoms with Crippen LogP contribution in [0, 0.1) is 5.92 Å². The smallest absolute Gasteiger partial charge is 0.0406 e. The second-order valence-corrected chi connectivity index (χ2v) is 7.89. The van der Waals surface area contributed by atoms with Crippen LogP contribution < -0.4 is 0 Å². The summed E-state index contributed by atoms with van der Waals surface area (Å²) < 4.78 is 0. The summed E-state index contributed by atoms with van der Waals surface area (Å²) in [6, 6.07) is 19.1. The predicted octanol–water partition coefficient (Wildman–Crippen LogP) is 6.31. The zero-order valence-electron chi connectivity index (χ0n) is 15.2. The number of nitrogens with zero attached hydrogens (tertiary/aromatic N) is 1. The largest absolute Gasteiger partial charge is 0.299 e. The van der Waals surface area contributed by atoms with Gasteiger partial charge in [0.25, 0.3) is 0 Å². The fourth-order valence-corrected chi connectivity index (χ4v) is 4.30. The molecule has 2 aromatic carbocycles. The highest BCUT2D eigenvalue weighted by Crippen LogP contribution is 2.32. The van der Waals surface area contributed by atoms with Gasteiger partial charge in [-0.2, -0.15) is 0 Å². The van der Waals surface area contributed by atoms with E-state index < -0.39 is 0 Å². The number of hydrogen-bond donors (Lipinski definition) is 0. The normalized spacial score (nSPS) is 21.2. The molecule has 1 atom stereocenters. The van der Waals surface area contributed by atoms with E-state index in [1.165, 1.54) is 54.6 Å². The van der Waals surface area contributed by atoms with E-state index in [0.717, 1.165) is 18.0 Å². The molecule has 2 heteroatoms. The summed E-state index contributed by atoms with van der Waals surface area (Å²) in [7, 11) is 0. The summed E-state index contributed by atoms with van der Waals surface area (Å²) in [5.41, 5.74) is 5.72. The van der Waals surface area contributed by atoms with Crippen molar-refractivity contribution in [3.63, 3.8) is 0 Å². The minimum absolute atomic E-state index is 0.668. The topological polar surface area (TPSA) is 3.24 Å². The highest BCUT2D eigenvalue weighted by Gasteiger charge is 2.19. The molecular weight excluding hydrogens is 338 g/mol. The van der Waals surface area contributed by atoms with Gasteiger partial charge in [0, 0.05) is 24.7 Å². The molecule has 0 N–H and O–H groups in total. The van der Waals surface area contributed by atoms with Crippen LogP contribution in [0.3, 0.4) is 0 Å². The molecule has 0 saturated heterocycles. The van der Waals surface area contributed by atoms with E-state index in [1.807, 2.05) is 12.1 Å². The van der Waals surface area contributed by atoms with Gasteiger partial charge in [-0.05, 0) is 66.0 Å². The van der Waals surface area contributed by atoms with Gasteiger partial charge in [0.05, 0.1) is 0 Å². The van der Waals surface area contributed by atoms with Gasteiger partial charge in [-0.3, -0.25) is 4.90 Å². The molecule has 1 nitrogen and oxygen atoms in total. The zero-order chi connectivity index (χ0) is 17.8. The van der Waals surface area contributed by atoms with Gasteiger partial charge in [0.2, 0.25) is 0 Å². The Morgan fingerprint density at radius 2 is 1.65 bits per heavy atom. The summed E-state index contributed by atoms with van der Waals surface area (Å²) in [5, 5.41) is 0.816. The fraction of sp³-hybridized carbons (Fsp3) is 0.333. The fourth-order valence-electron chi connectivity index (χ4n) is 4.18. The van der Waals surface area contributed by atoms with E-state index in [-0.39, 0.29) is 0 Å². The van der Waals surface area contributed by atoms with E-state index in [0.29, 0.717) is 5.92 Å². The predicted molar refractivity (Wildman–Crippen MR) is 112 cm³/mol. The molecule has 1 heterocycles. The van der Waals surface area contributed by atoms with Crippen LogP contribution in [0.15, 0.2) is 66.7 Å². The first-order valence-corrected chi connectivity index (χ1v) is 10.1. The van der Waals surface area contributed by atoms with Crippen molar-refractivity contribution in [2.24, 2.45) is 5.92 Å². The van der Waals surface area contributed by atoms with Gasteiger partial charge < -0.3 is 0 Å². The molecule has 1 aliphatic carbocycles. The second-order valence-electron chi connectivity index (χ2n) is 7.46. The van der Waals surface area contributed by atoms with Crippen LogP contribution in [0.1, 0.15) is 36.8 Å². The first kappa shape index (κ1) is 17.6. The maximum Gasteiger partial charge on any atom is 0.0406 e. The Hall–Kier alpha value is -1.83. The number of rotatable bonds is 4. The van der Waals surface area contributed by atoms with Gasteiger partial charge in [-0.1, -0.05) is 66.2 Å². The van der Waals surface area contributed by atoms with E-state index in [9.17, 15) is 0 Å². The Balaban J connectivity index is 1.39. The molecule has 0 saturated carbocycles. The molecule has 2 aromatic rings. The molecular formula is C24H26ClN. The summed E-state index contributed by atoms with van der Waals surface area (Å²) in [5.74, 6) is 0.668. The van der Waals surface area contributed by atoms with Crippen LogP contribution in [0.25, 0.3) is 11.1 Å². The summed E-state index contributed by atoms with van der Waals surface area (Å²) in [4.78, 5) is 2.61. The maximum atomic E-state index is 6.03. The Kier molecular flexibility index (Phi) is 5.57. The van der Waals surface area contributed by atoms with Crippen LogP contribution in [-0.4, -0.2) is 24.5 Å². The maximum absolute atomic E-state index is 6.03.